The molecule has 0 amide bonds. The summed E-state index contributed by atoms with van der Waals surface area (Å²) in [6.45, 7) is 3.27. The molecule has 1 aromatic carbocycles. The first-order valence-electron chi connectivity index (χ1n) is 6.14. The molecule has 0 saturated heterocycles. The standard InChI is InChI=1S/C14H16F2N2O2/c1-8-10(7-20-18-8)13(19)6-14(2,17)11-4-3-9(15)5-12(11)16/h3-5,7,13,19H,6,17H2,1-2H3/t13-,14?/m1/s1. The fourth-order valence-corrected chi connectivity index (χ4v) is 2.19. The van der Waals surface area contributed by atoms with Gasteiger partial charge in [-0.25, -0.2) is 8.78 Å². The van der Waals surface area contributed by atoms with Crippen LogP contribution < -0.4 is 5.73 Å². The molecule has 1 unspecified atom stereocenters. The third-order valence-electron chi connectivity index (χ3n) is 3.31. The van der Waals surface area contributed by atoms with Gasteiger partial charge in [-0.05, 0) is 26.3 Å². The highest BCUT2D eigenvalue weighted by Crippen LogP contribution is 2.32. The molecule has 0 fully saturated rings. The van der Waals surface area contributed by atoms with Crippen molar-refractivity contribution in [1.29, 1.82) is 0 Å². The molecule has 1 aromatic heterocycles. The van der Waals surface area contributed by atoms with Gasteiger partial charge in [0.05, 0.1) is 11.8 Å². The molecule has 6 heteroatoms. The fourth-order valence-electron chi connectivity index (χ4n) is 2.19. The van der Waals surface area contributed by atoms with Crippen LogP contribution in [0.4, 0.5) is 8.78 Å². The van der Waals surface area contributed by atoms with Crippen molar-refractivity contribution in [2.24, 2.45) is 5.73 Å². The molecule has 108 valence electrons. The van der Waals surface area contributed by atoms with Crippen LogP contribution in [0.2, 0.25) is 0 Å². The van der Waals surface area contributed by atoms with Gasteiger partial charge in [0, 0.05) is 22.7 Å². The van der Waals surface area contributed by atoms with E-state index in [1.54, 1.807) is 13.8 Å². The zero-order chi connectivity index (χ0) is 14.9. The first-order chi connectivity index (χ1) is 9.31. The molecule has 3 N–H and O–H groups in total. The van der Waals surface area contributed by atoms with Gasteiger partial charge in [-0.2, -0.15) is 0 Å². The number of rotatable bonds is 4. The number of aryl methyl sites for hydroxylation is 1. The summed E-state index contributed by atoms with van der Waals surface area (Å²) in [5, 5.41) is 13.8. The number of aromatic nitrogens is 1. The first kappa shape index (κ1) is 14.6. The first-order valence-corrected chi connectivity index (χ1v) is 6.14. The van der Waals surface area contributed by atoms with E-state index >= 15 is 0 Å². The van der Waals surface area contributed by atoms with Crippen LogP contribution >= 0.6 is 0 Å². The molecule has 2 rings (SSSR count). The molecule has 0 aliphatic carbocycles. The summed E-state index contributed by atoms with van der Waals surface area (Å²) < 4.78 is 31.5. The van der Waals surface area contributed by atoms with Gasteiger partial charge in [-0.3, -0.25) is 0 Å². The number of benzene rings is 1. The van der Waals surface area contributed by atoms with Crippen LogP contribution in [0.1, 0.15) is 36.3 Å². The molecule has 0 radical (unpaired) electrons. The lowest BCUT2D eigenvalue weighted by molar-refractivity contribution is 0.135. The van der Waals surface area contributed by atoms with Crippen LogP contribution in [0.3, 0.4) is 0 Å². The Balaban J connectivity index is 2.24. The highest BCUT2D eigenvalue weighted by atomic mass is 19.1. The fraction of sp³-hybridized carbons (Fsp3) is 0.357. The van der Waals surface area contributed by atoms with Gasteiger partial charge in [-0.1, -0.05) is 11.2 Å². The topological polar surface area (TPSA) is 72.3 Å². The van der Waals surface area contributed by atoms with Crippen LogP contribution in [-0.2, 0) is 5.54 Å². The van der Waals surface area contributed by atoms with Gasteiger partial charge < -0.3 is 15.4 Å². The maximum atomic E-state index is 13.8. The Morgan fingerprint density at radius 3 is 2.70 bits per heavy atom. The molecule has 2 aromatic rings. The van der Waals surface area contributed by atoms with E-state index in [0.717, 1.165) is 12.1 Å². The van der Waals surface area contributed by atoms with Gasteiger partial charge in [0.2, 0.25) is 0 Å². The number of aliphatic hydroxyl groups is 1. The van der Waals surface area contributed by atoms with Gasteiger partial charge in [0.25, 0.3) is 0 Å². The Labute approximate surface area is 115 Å². The van der Waals surface area contributed by atoms with Crippen molar-refractivity contribution < 1.29 is 18.4 Å². The Hall–Kier alpha value is -1.79. The van der Waals surface area contributed by atoms with Crippen molar-refractivity contribution in [3.05, 3.63) is 52.9 Å². The summed E-state index contributed by atoms with van der Waals surface area (Å²) in [5.41, 5.74) is 6.12. The summed E-state index contributed by atoms with van der Waals surface area (Å²) >= 11 is 0. The molecule has 0 aliphatic rings. The number of halogens is 2. The minimum absolute atomic E-state index is 0.0532. The Morgan fingerprint density at radius 2 is 2.15 bits per heavy atom. The Kier molecular flexibility index (Phi) is 3.87. The highest BCUT2D eigenvalue weighted by Gasteiger charge is 2.30. The Bertz CT molecular complexity index is 611. The second kappa shape index (κ2) is 5.30. The zero-order valence-electron chi connectivity index (χ0n) is 11.2. The number of hydrogen-bond donors (Lipinski definition) is 2. The second-order valence-electron chi connectivity index (χ2n) is 5.12. The van der Waals surface area contributed by atoms with E-state index in [1.807, 2.05) is 0 Å². The van der Waals surface area contributed by atoms with Crippen molar-refractivity contribution in [2.75, 3.05) is 0 Å². The van der Waals surface area contributed by atoms with Gasteiger partial charge in [0.15, 0.2) is 0 Å². The minimum Gasteiger partial charge on any atom is -0.388 e. The smallest absolute Gasteiger partial charge is 0.131 e. The quantitative estimate of drug-likeness (QED) is 0.904. The van der Waals surface area contributed by atoms with Crippen LogP contribution in [0.5, 0.6) is 0 Å². The largest absolute Gasteiger partial charge is 0.388 e. The van der Waals surface area contributed by atoms with Crippen molar-refractivity contribution >= 4 is 0 Å². The van der Waals surface area contributed by atoms with Crippen LogP contribution in [0.25, 0.3) is 0 Å². The summed E-state index contributed by atoms with van der Waals surface area (Å²) in [4.78, 5) is 0. The van der Waals surface area contributed by atoms with E-state index in [-0.39, 0.29) is 12.0 Å². The lowest BCUT2D eigenvalue weighted by Gasteiger charge is -2.28. The predicted octanol–water partition coefficient (Wildman–Crippen LogP) is 2.56. The van der Waals surface area contributed by atoms with E-state index in [2.05, 4.69) is 5.16 Å². The van der Waals surface area contributed by atoms with Gasteiger partial charge in [-0.15, -0.1) is 0 Å². The molecule has 1 heterocycles. The monoisotopic (exact) mass is 282 g/mol. The normalized spacial score (nSPS) is 15.9. The van der Waals surface area contributed by atoms with Crippen molar-refractivity contribution in [3.63, 3.8) is 0 Å². The number of nitrogens with two attached hydrogens (primary N) is 1. The average molecular weight is 282 g/mol. The number of hydrogen-bond acceptors (Lipinski definition) is 4. The van der Waals surface area contributed by atoms with E-state index < -0.39 is 23.3 Å². The Morgan fingerprint density at radius 1 is 1.45 bits per heavy atom. The lowest BCUT2D eigenvalue weighted by Crippen LogP contribution is -2.36. The third kappa shape index (κ3) is 2.86. The van der Waals surface area contributed by atoms with Gasteiger partial charge >= 0.3 is 0 Å². The predicted molar refractivity (Wildman–Crippen MR) is 68.7 cm³/mol. The van der Waals surface area contributed by atoms with E-state index in [1.165, 1.54) is 12.3 Å². The van der Waals surface area contributed by atoms with E-state index in [0.29, 0.717) is 11.3 Å². The molecule has 0 spiro atoms. The number of aliphatic hydroxyl groups excluding tert-OH is 1. The van der Waals surface area contributed by atoms with Crippen LogP contribution in [0.15, 0.2) is 29.0 Å². The molecular formula is C14H16F2N2O2. The molecule has 2 atom stereocenters. The minimum atomic E-state index is -1.15. The summed E-state index contributed by atoms with van der Waals surface area (Å²) in [6.07, 6.45) is 0.440. The summed E-state index contributed by atoms with van der Waals surface area (Å²) in [5.74, 6) is -1.40. The second-order valence-corrected chi connectivity index (χ2v) is 5.12. The van der Waals surface area contributed by atoms with E-state index in [4.69, 9.17) is 10.3 Å². The maximum Gasteiger partial charge on any atom is 0.131 e. The third-order valence-corrected chi connectivity index (χ3v) is 3.31. The van der Waals surface area contributed by atoms with E-state index in [9.17, 15) is 13.9 Å². The molecular weight excluding hydrogens is 266 g/mol. The van der Waals surface area contributed by atoms with Crippen molar-refractivity contribution in [3.8, 4) is 0 Å². The number of nitrogens with zero attached hydrogens (tertiary/aromatic N) is 1. The summed E-state index contributed by atoms with van der Waals surface area (Å²) in [7, 11) is 0. The molecule has 0 saturated carbocycles. The SMILES string of the molecule is Cc1nocc1[C@H](O)CC(C)(N)c1ccc(F)cc1F. The maximum absolute atomic E-state index is 13.8. The molecule has 0 aliphatic heterocycles. The lowest BCUT2D eigenvalue weighted by atomic mass is 9.85. The van der Waals surface area contributed by atoms with Crippen molar-refractivity contribution in [1.82, 2.24) is 5.16 Å². The molecule has 20 heavy (non-hydrogen) atoms. The molecule has 0 bridgehead atoms. The highest BCUT2D eigenvalue weighted by molar-refractivity contribution is 5.27. The summed E-state index contributed by atoms with van der Waals surface area (Å²) in [6, 6.07) is 3.20. The zero-order valence-corrected chi connectivity index (χ0v) is 11.2. The average Bonchev–Trinajstić information content (AvgIpc) is 2.74. The van der Waals surface area contributed by atoms with Crippen LogP contribution in [-0.4, -0.2) is 10.3 Å². The van der Waals surface area contributed by atoms with Crippen molar-refractivity contribution in [2.45, 2.75) is 31.9 Å². The molecule has 4 nitrogen and oxygen atoms in total. The van der Waals surface area contributed by atoms with Crippen LogP contribution in [0, 0.1) is 18.6 Å². The van der Waals surface area contributed by atoms with Gasteiger partial charge in [0.1, 0.15) is 17.9 Å².